The highest BCUT2D eigenvalue weighted by molar-refractivity contribution is 5.90. The summed E-state index contributed by atoms with van der Waals surface area (Å²) in [5.41, 5.74) is -0.0121. The molecule has 0 saturated carbocycles. The summed E-state index contributed by atoms with van der Waals surface area (Å²) < 4.78 is 18.3. The molecule has 1 amide bonds. The number of hydrogen-bond acceptors (Lipinski definition) is 3. The zero-order chi connectivity index (χ0) is 14.3. The van der Waals surface area contributed by atoms with Gasteiger partial charge in [-0.2, -0.15) is 0 Å². The molecule has 1 N–H and O–H groups in total. The molecule has 0 saturated heterocycles. The van der Waals surface area contributed by atoms with Crippen LogP contribution in [0, 0.1) is 17.7 Å². The van der Waals surface area contributed by atoms with E-state index in [4.69, 9.17) is 0 Å². The van der Waals surface area contributed by atoms with E-state index in [1.165, 1.54) is 32.2 Å². The molecule has 0 atom stereocenters. The van der Waals surface area contributed by atoms with Crippen LogP contribution in [0.4, 0.5) is 4.39 Å². The minimum absolute atomic E-state index is 0.130. The first kappa shape index (κ1) is 14.7. The Morgan fingerprint density at radius 2 is 2.16 bits per heavy atom. The van der Waals surface area contributed by atoms with Crippen molar-refractivity contribution in [1.29, 1.82) is 0 Å². The van der Waals surface area contributed by atoms with Gasteiger partial charge < -0.3 is 10.1 Å². The molecule has 0 aliphatic rings. The van der Waals surface area contributed by atoms with Gasteiger partial charge >= 0.3 is 5.97 Å². The van der Waals surface area contributed by atoms with Crippen molar-refractivity contribution in [2.24, 2.45) is 0 Å². The SMILES string of the molecule is COC(=O)c1cccc(C#CCCNC(C)=O)c1F. The first-order valence-electron chi connectivity index (χ1n) is 5.66. The summed E-state index contributed by atoms with van der Waals surface area (Å²) in [4.78, 5) is 21.9. The van der Waals surface area contributed by atoms with Crippen molar-refractivity contribution in [3.8, 4) is 11.8 Å². The van der Waals surface area contributed by atoms with Gasteiger partial charge in [0.05, 0.1) is 18.2 Å². The number of amides is 1. The molecule has 19 heavy (non-hydrogen) atoms. The van der Waals surface area contributed by atoms with E-state index in [1.54, 1.807) is 0 Å². The maximum atomic E-state index is 13.9. The van der Waals surface area contributed by atoms with E-state index >= 15 is 0 Å². The van der Waals surface area contributed by atoms with Crippen molar-refractivity contribution >= 4 is 11.9 Å². The zero-order valence-corrected chi connectivity index (χ0v) is 10.7. The van der Waals surface area contributed by atoms with E-state index in [-0.39, 0.29) is 17.0 Å². The van der Waals surface area contributed by atoms with Crippen LogP contribution in [0.25, 0.3) is 0 Å². The van der Waals surface area contributed by atoms with Gasteiger partial charge in [-0.05, 0) is 12.1 Å². The Morgan fingerprint density at radius 1 is 1.42 bits per heavy atom. The lowest BCUT2D eigenvalue weighted by molar-refractivity contribution is -0.118. The number of carbonyl (C=O) groups excluding carboxylic acids is 2. The lowest BCUT2D eigenvalue weighted by atomic mass is 10.1. The van der Waals surface area contributed by atoms with Crippen molar-refractivity contribution < 1.29 is 18.7 Å². The van der Waals surface area contributed by atoms with Crippen LogP contribution in [0.3, 0.4) is 0 Å². The Hall–Kier alpha value is -2.35. The molecule has 1 aromatic carbocycles. The quantitative estimate of drug-likeness (QED) is 0.510. The van der Waals surface area contributed by atoms with Gasteiger partial charge in [0.1, 0.15) is 0 Å². The second-order valence-corrected chi connectivity index (χ2v) is 3.69. The number of esters is 1. The van der Waals surface area contributed by atoms with Gasteiger partial charge in [-0.25, -0.2) is 9.18 Å². The Morgan fingerprint density at radius 3 is 2.79 bits per heavy atom. The molecule has 0 unspecified atom stereocenters. The molecular weight excluding hydrogens is 249 g/mol. The van der Waals surface area contributed by atoms with E-state index in [9.17, 15) is 14.0 Å². The van der Waals surface area contributed by atoms with Gasteiger partial charge in [0, 0.05) is 19.9 Å². The maximum absolute atomic E-state index is 13.9. The summed E-state index contributed by atoms with van der Waals surface area (Å²) in [5, 5.41) is 2.58. The third kappa shape index (κ3) is 4.43. The predicted molar refractivity (Wildman–Crippen MR) is 67.9 cm³/mol. The molecule has 0 bridgehead atoms. The second-order valence-electron chi connectivity index (χ2n) is 3.69. The summed E-state index contributed by atoms with van der Waals surface area (Å²) in [6.07, 6.45) is 0.404. The fourth-order valence-electron chi connectivity index (χ4n) is 1.35. The Bertz CT molecular complexity index is 543. The van der Waals surface area contributed by atoms with Gasteiger partial charge in [0.2, 0.25) is 5.91 Å². The van der Waals surface area contributed by atoms with Crippen molar-refractivity contribution in [1.82, 2.24) is 5.32 Å². The Kier molecular flexibility index (Phi) is 5.55. The normalized spacial score (nSPS) is 9.21. The number of nitrogens with one attached hydrogen (secondary N) is 1. The first-order chi connectivity index (χ1) is 9.06. The fraction of sp³-hybridized carbons (Fsp3) is 0.286. The molecule has 1 rings (SSSR count). The van der Waals surface area contributed by atoms with Crippen LogP contribution in [-0.4, -0.2) is 25.5 Å². The van der Waals surface area contributed by atoms with Crippen molar-refractivity contribution in [2.75, 3.05) is 13.7 Å². The summed E-state index contributed by atoms with van der Waals surface area (Å²) in [7, 11) is 1.19. The van der Waals surface area contributed by atoms with Crippen LogP contribution < -0.4 is 5.32 Å². The van der Waals surface area contributed by atoms with Crippen molar-refractivity contribution in [3.63, 3.8) is 0 Å². The average molecular weight is 263 g/mol. The molecule has 0 fully saturated rings. The molecule has 4 nitrogen and oxygen atoms in total. The van der Waals surface area contributed by atoms with E-state index in [2.05, 4.69) is 21.9 Å². The number of rotatable bonds is 3. The number of hydrogen-bond donors (Lipinski definition) is 1. The van der Waals surface area contributed by atoms with E-state index in [0.29, 0.717) is 13.0 Å². The third-order valence-corrected chi connectivity index (χ3v) is 2.25. The number of ether oxygens (including phenoxy) is 1. The summed E-state index contributed by atoms with van der Waals surface area (Å²) >= 11 is 0. The van der Waals surface area contributed by atoms with E-state index < -0.39 is 11.8 Å². The standard InChI is InChI=1S/C14H14FNO3/c1-10(17)16-9-4-3-6-11-7-5-8-12(13(11)15)14(18)19-2/h5,7-8H,4,9H2,1-2H3,(H,16,17). The van der Waals surface area contributed by atoms with Crippen LogP contribution in [0.2, 0.25) is 0 Å². The maximum Gasteiger partial charge on any atom is 0.340 e. The molecule has 0 spiro atoms. The van der Waals surface area contributed by atoms with Crippen LogP contribution >= 0.6 is 0 Å². The molecule has 0 aliphatic carbocycles. The molecule has 0 aliphatic heterocycles. The largest absolute Gasteiger partial charge is 0.465 e. The highest BCUT2D eigenvalue weighted by atomic mass is 19.1. The molecule has 0 heterocycles. The number of halogens is 1. The summed E-state index contributed by atoms with van der Waals surface area (Å²) in [6.45, 7) is 1.81. The molecule has 100 valence electrons. The Labute approximate surface area is 111 Å². The third-order valence-electron chi connectivity index (χ3n) is 2.25. The second kappa shape index (κ2) is 7.17. The lowest BCUT2D eigenvalue weighted by Crippen LogP contribution is -2.20. The van der Waals surface area contributed by atoms with Crippen LogP contribution in [0.5, 0.6) is 0 Å². The molecular formula is C14H14FNO3. The van der Waals surface area contributed by atoms with Gasteiger partial charge in [-0.3, -0.25) is 4.79 Å². The molecule has 5 heteroatoms. The van der Waals surface area contributed by atoms with Gasteiger partial charge in [0.25, 0.3) is 0 Å². The minimum atomic E-state index is -0.737. The van der Waals surface area contributed by atoms with Gasteiger partial charge in [-0.15, -0.1) is 0 Å². The molecule has 0 aromatic heterocycles. The number of carbonyl (C=O) groups is 2. The highest BCUT2D eigenvalue weighted by Crippen LogP contribution is 2.12. The van der Waals surface area contributed by atoms with E-state index in [1.807, 2.05) is 0 Å². The predicted octanol–water partition coefficient (Wildman–Crippen LogP) is 1.49. The smallest absolute Gasteiger partial charge is 0.340 e. The lowest BCUT2D eigenvalue weighted by Gasteiger charge is -2.02. The monoisotopic (exact) mass is 263 g/mol. The zero-order valence-electron chi connectivity index (χ0n) is 10.7. The topological polar surface area (TPSA) is 55.4 Å². The van der Waals surface area contributed by atoms with E-state index in [0.717, 1.165) is 0 Å². The number of methoxy groups -OCH3 is 1. The average Bonchev–Trinajstić information content (AvgIpc) is 2.39. The van der Waals surface area contributed by atoms with Crippen molar-refractivity contribution in [3.05, 3.63) is 35.1 Å². The highest BCUT2D eigenvalue weighted by Gasteiger charge is 2.13. The van der Waals surface area contributed by atoms with Gasteiger partial charge in [-0.1, -0.05) is 17.9 Å². The minimum Gasteiger partial charge on any atom is -0.465 e. The molecule has 1 aromatic rings. The fourth-order valence-corrected chi connectivity index (χ4v) is 1.35. The first-order valence-corrected chi connectivity index (χ1v) is 5.66. The molecule has 0 radical (unpaired) electrons. The van der Waals surface area contributed by atoms with Crippen LogP contribution in [0.1, 0.15) is 29.3 Å². The summed E-state index contributed by atoms with van der Waals surface area (Å²) in [5.74, 6) is 3.78. The van der Waals surface area contributed by atoms with Crippen molar-refractivity contribution in [2.45, 2.75) is 13.3 Å². The Balaban J connectivity index is 2.77. The van der Waals surface area contributed by atoms with Crippen LogP contribution in [0.15, 0.2) is 18.2 Å². The van der Waals surface area contributed by atoms with Crippen LogP contribution in [-0.2, 0) is 9.53 Å². The number of benzene rings is 1. The van der Waals surface area contributed by atoms with Gasteiger partial charge in [0.15, 0.2) is 5.82 Å². The summed E-state index contributed by atoms with van der Waals surface area (Å²) in [6, 6.07) is 4.35.